The van der Waals surface area contributed by atoms with Crippen LogP contribution in [-0.2, 0) is 17.9 Å². The third-order valence-electron chi connectivity index (χ3n) is 3.18. The molecule has 2 rings (SSSR count). The monoisotopic (exact) mass is 283 g/mol. The Morgan fingerprint density at radius 2 is 2.24 bits per heavy atom. The Kier molecular flexibility index (Phi) is 4.57. The van der Waals surface area contributed by atoms with Crippen LogP contribution in [0.4, 0.5) is 5.69 Å². The third-order valence-corrected chi connectivity index (χ3v) is 3.18. The third kappa shape index (κ3) is 3.60. The maximum Gasteiger partial charge on any atom is 0.244 e. The number of benzene rings is 1. The van der Waals surface area contributed by atoms with Gasteiger partial charge >= 0.3 is 0 Å². The summed E-state index contributed by atoms with van der Waals surface area (Å²) in [5.74, 6) is -0.0617. The molecule has 0 spiro atoms. The van der Waals surface area contributed by atoms with Gasteiger partial charge in [0.1, 0.15) is 6.54 Å². The van der Waals surface area contributed by atoms with Crippen LogP contribution in [0.15, 0.2) is 36.7 Å². The number of anilines is 1. The quantitative estimate of drug-likeness (QED) is 0.898. The van der Waals surface area contributed by atoms with Crippen molar-refractivity contribution in [1.29, 1.82) is 5.26 Å². The highest BCUT2D eigenvalue weighted by Gasteiger charge is 2.14. The predicted octanol–water partition coefficient (Wildman–Crippen LogP) is 1.39. The molecular formula is C15H17N5O. The second-order valence-electron chi connectivity index (χ2n) is 4.65. The lowest BCUT2D eigenvalue weighted by Crippen LogP contribution is -2.33. The van der Waals surface area contributed by atoms with Gasteiger partial charge in [0.25, 0.3) is 0 Å². The molecule has 1 aromatic carbocycles. The van der Waals surface area contributed by atoms with Crippen LogP contribution in [0.2, 0.25) is 0 Å². The maximum absolute atomic E-state index is 12.3. The molecule has 0 saturated heterocycles. The van der Waals surface area contributed by atoms with Crippen molar-refractivity contribution in [2.24, 2.45) is 0 Å². The molecule has 0 saturated carbocycles. The van der Waals surface area contributed by atoms with E-state index in [0.29, 0.717) is 24.3 Å². The maximum atomic E-state index is 12.3. The fraction of sp³-hybridized carbons (Fsp3) is 0.267. The predicted molar refractivity (Wildman–Crippen MR) is 78.9 cm³/mol. The number of carbonyl (C=O) groups is 1. The summed E-state index contributed by atoms with van der Waals surface area (Å²) in [6.07, 6.45) is 3.13. The minimum atomic E-state index is -0.0617. The normalized spacial score (nSPS) is 10.1. The number of nitrogen functional groups attached to an aromatic ring is 1. The Labute approximate surface area is 123 Å². The van der Waals surface area contributed by atoms with Crippen molar-refractivity contribution >= 4 is 11.6 Å². The van der Waals surface area contributed by atoms with Gasteiger partial charge in [0.15, 0.2) is 0 Å². The van der Waals surface area contributed by atoms with Crippen molar-refractivity contribution in [1.82, 2.24) is 14.7 Å². The smallest absolute Gasteiger partial charge is 0.244 e. The van der Waals surface area contributed by atoms with Crippen LogP contribution >= 0.6 is 0 Å². The molecule has 0 aliphatic rings. The van der Waals surface area contributed by atoms with Crippen molar-refractivity contribution < 1.29 is 4.79 Å². The second kappa shape index (κ2) is 6.57. The molecule has 2 aromatic rings. The SMILES string of the molecule is CCN(Cc1ccccc1C#N)C(=O)Cn1cc(N)cn1. The summed E-state index contributed by atoms with van der Waals surface area (Å²) in [5, 5.41) is 13.1. The van der Waals surface area contributed by atoms with Crippen LogP contribution < -0.4 is 5.73 Å². The van der Waals surface area contributed by atoms with Gasteiger partial charge in [-0.3, -0.25) is 9.48 Å². The van der Waals surface area contributed by atoms with Gasteiger partial charge in [-0.2, -0.15) is 10.4 Å². The van der Waals surface area contributed by atoms with E-state index in [1.165, 1.54) is 10.9 Å². The first kappa shape index (κ1) is 14.6. The summed E-state index contributed by atoms with van der Waals surface area (Å²) >= 11 is 0. The molecule has 2 N–H and O–H groups in total. The molecule has 0 aliphatic carbocycles. The van der Waals surface area contributed by atoms with Crippen molar-refractivity contribution in [3.63, 3.8) is 0 Å². The van der Waals surface area contributed by atoms with E-state index in [-0.39, 0.29) is 12.5 Å². The highest BCUT2D eigenvalue weighted by molar-refractivity contribution is 5.76. The molecular weight excluding hydrogens is 266 g/mol. The lowest BCUT2D eigenvalue weighted by Gasteiger charge is -2.21. The van der Waals surface area contributed by atoms with Crippen LogP contribution in [0.1, 0.15) is 18.1 Å². The Morgan fingerprint density at radius 1 is 1.48 bits per heavy atom. The number of likely N-dealkylation sites (N-methyl/N-ethyl adjacent to an activating group) is 1. The number of hydrogen-bond acceptors (Lipinski definition) is 4. The van der Waals surface area contributed by atoms with Crippen molar-refractivity contribution in [2.75, 3.05) is 12.3 Å². The van der Waals surface area contributed by atoms with Gasteiger partial charge in [-0.05, 0) is 18.6 Å². The standard InChI is InChI=1S/C15H17N5O/c1-2-19(9-13-6-4-3-5-12(13)7-16)15(21)11-20-10-14(17)8-18-20/h3-6,8,10H,2,9,11,17H2,1H3. The van der Waals surface area contributed by atoms with E-state index in [2.05, 4.69) is 11.2 Å². The zero-order valence-electron chi connectivity index (χ0n) is 11.9. The molecule has 1 heterocycles. The lowest BCUT2D eigenvalue weighted by molar-refractivity contribution is -0.132. The Balaban J connectivity index is 2.09. The van der Waals surface area contributed by atoms with Gasteiger partial charge in [0.05, 0.1) is 23.5 Å². The molecule has 0 bridgehead atoms. The van der Waals surface area contributed by atoms with Gasteiger partial charge < -0.3 is 10.6 Å². The summed E-state index contributed by atoms with van der Waals surface area (Å²) in [5.41, 5.74) is 7.54. The Morgan fingerprint density at radius 3 is 2.86 bits per heavy atom. The molecule has 108 valence electrons. The minimum Gasteiger partial charge on any atom is -0.396 e. The van der Waals surface area contributed by atoms with Crippen LogP contribution in [0.3, 0.4) is 0 Å². The van der Waals surface area contributed by atoms with Gasteiger partial charge in [0.2, 0.25) is 5.91 Å². The number of nitrogens with zero attached hydrogens (tertiary/aromatic N) is 4. The van der Waals surface area contributed by atoms with Gasteiger partial charge in [-0.15, -0.1) is 0 Å². The van der Waals surface area contributed by atoms with E-state index < -0.39 is 0 Å². The highest BCUT2D eigenvalue weighted by atomic mass is 16.2. The molecule has 6 heteroatoms. The number of amides is 1. The summed E-state index contributed by atoms with van der Waals surface area (Å²) in [4.78, 5) is 14.0. The molecule has 0 fully saturated rings. The first-order valence-corrected chi connectivity index (χ1v) is 6.67. The summed E-state index contributed by atoms with van der Waals surface area (Å²) in [7, 11) is 0. The van der Waals surface area contributed by atoms with Crippen molar-refractivity contribution in [2.45, 2.75) is 20.0 Å². The zero-order chi connectivity index (χ0) is 15.2. The van der Waals surface area contributed by atoms with Crippen molar-refractivity contribution in [3.8, 4) is 6.07 Å². The summed E-state index contributed by atoms with van der Waals surface area (Å²) in [6.45, 7) is 3.02. The summed E-state index contributed by atoms with van der Waals surface area (Å²) in [6, 6.07) is 9.43. The first-order valence-electron chi connectivity index (χ1n) is 6.67. The van der Waals surface area contributed by atoms with Gasteiger partial charge in [0, 0.05) is 19.3 Å². The number of rotatable bonds is 5. The second-order valence-corrected chi connectivity index (χ2v) is 4.65. The van der Waals surface area contributed by atoms with Crippen LogP contribution in [0.25, 0.3) is 0 Å². The van der Waals surface area contributed by atoms with E-state index in [0.717, 1.165) is 5.56 Å². The molecule has 0 atom stereocenters. The fourth-order valence-corrected chi connectivity index (χ4v) is 2.05. The number of nitriles is 1. The van der Waals surface area contributed by atoms with E-state index in [1.54, 1.807) is 17.2 Å². The van der Waals surface area contributed by atoms with Crippen LogP contribution in [-0.4, -0.2) is 27.1 Å². The number of carbonyl (C=O) groups excluding carboxylic acids is 1. The first-order chi connectivity index (χ1) is 10.1. The lowest BCUT2D eigenvalue weighted by atomic mass is 10.1. The fourth-order valence-electron chi connectivity index (χ4n) is 2.05. The molecule has 1 aromatic heterocycles. The number of aromatic nitrogens is 2. The van der Waals surface area contributed by atoms with Crippen molar-refractivity contribution in [3.05, 3.63) is 47.8 Å². The largest absolute Gasteiger partial charge is 0.396 e. The Bertz CT molecular complexity index is 671. The van der Waals surface area contributed by atoms with E-state index in [9.17, 15) is 4.79 Å². The zero-order valence-corrected chi connectivity index (χ0v) is 11.9. The van der Waals surface area contributed by atoms with E-state index in [1.807, 2.05) is 25.1 Å². The molecule has 1 amide bonds. The average molecular weight is 283 g/mol. The average Bonchev–Trinajstić information content (AvgIpc) is 2.90. The Hall–Kier alpha value is -2.81. The van der Waals surface area contributed by atoms with Crippen LogP contribution in [0.5, 0.6) is 0 Å². The van der Waals surface area contributed by atoms with Gasteiger partial charge in [-0.25, -0.2) is 0 Å². The highest BCUT2D eigenvalue weighted by Crippen LogP contribution is 2.11. The molecule has 21 heavy (non-hydrogen) atoms. The van der Waals surface area contributed by atoms with Crippen LogP contribution in [0, 0.1) is 11.3 Å². The summed E-state index contributed by atoms with van der Waals surface area (Å²) < 4.78 is 1.51. The number of hydrogen-bond donors (Lipinski definition) is 1. The molecule has 0 radical (unpaired) electrons. The van der Waals surface area contributed by atoms with Gasteiger partial charge in [-0.1, -0.05) is 18.2 Å². The molecule has 6 nitrogen and oxygen atoms in total. The molecule has 0 aliphatic heterocycles. The molecule has 0 unspecified atom stereocenters. The topological polar surface area (TPSA) is 87.9 Å². The minimum absolute atomic E-state index is 0.0617. The van der Waals surface area contributed by atoms with E-state index in [4.69, 9.17) is 11.0 Å². The van der Waals surface area contributed by atoms with E-state index >= 15 is 0 Å². The number of nitrogens with two attached hydrogens (primary N) is 1.